The maximum atomic E-state index is 12.5. The molecule has 1 amide bonds. The topological polar surface area (TPSA) is 78.5 Å². The summed E-state index contributed by atoms with van der Waals surface area (Å²) in [6.45, 7) is 2.27. The summed E-state index contributed by atoms with van der Waals surface area (Å²) < 4.78 is 5.14. The third-order valence-electron chi connectivity index (χ3n) is 3.93. The monoisotopic (exact) mass is 275 g/mol. The Balaban J connectivity index is 1.74. The number of carbonyl (C=O) groups is 1. The molecule has 0 aliphatic carbocycles. The lowest BCUT2D eigenvalue weighted by molar-refractivity contribution is -0.182. The molecule has 2 fully saturated rings. The lowest BCUT2D eigenvalue weighted by atomic mass is 9.96. The highest BCUT2D eigenvalue weighted by molar-refractivity contribution is 5.78. The van der Waals surface area contributed by atoms with Crippen LogP contribution in [0.25, 0.3) is 0 Å². The van der Waals surface area contributed by atoms with Crippen LogP contribution in [0.1, 0.15) is 36.6 Å². The molecule has 0 saturated carbocycles. The first-order valence-electron chi connectivity index (χ1n) is 6.95. The van der Waals surface area contributed by atoms with E-state index in [1.807, 2.05) is 6.07 Å². The summed E-state index contributed by atoms with van der Waals surface area (Å²) in [4.78, 5) is 18.1. The van der Waals surface area contributed by atoms with Crippen molar-refractivity contribution in [3.8, 4) is 6.07 Å². The van der Waals surface area contributed by atoms with Crippen molar-refractivity contribution < 1.29 is 14.0 Å². The first kappa shape index (κ1) is 13.2. The summed E-state index contributed by atoms with van der Waals surface area (Å²) in [5.74, 6) is 0.342. The fourth-order valence-corrected chi connectivity index (χ4v) is 2.82. The summed E-state index contributed by atoms with van der Waals surface area (Å²) in [5, 5.41) is 13.5. The van der Waals surface area contributed by atoms with Gasteiger partial charge in [0.15, 0.2) is 0 Å². The molecular weight excluding hydrogens is 258 g/mol. The fraction of sp³-hybridized carbons (Fsp3) is 0.571. The van der Waals surface area contributed by atoms with Crippen molar-refractivity contribution in [3.63, 3.8) is 0 Å². The average molecular weight is 275 g/mol. The number of furan rings is 1. The van der Waals surface area contributed by atoms with Gasteiger partial charge >= 0.3 is 0 Å². The smallest absolute Gasteiger partial charge is 0.249 e. The number of amides is 1. The van der Waals surface area contributed by atoms with Crippen molar-refractivity contribution in [3.05, 3.63) is 23.7 Å². The van der Waals surface area contributed by atoms with Gasteiger partial charge in [0.05, 0.1) is 18.9 Å². The van der Waals surface area contributed by atoms with Crippen LogP contribution in [0.5, 0.6) is 0 Å². The van der Waals surface area contributed by atoms with Crippen LogP contribution in [-0.4, -0.2) is 30.7 Å². The number of nitrogens with zero attached hydrogens (tertiary/aromatic N) is 2. The van der Waals surface area contributed by atoms with Gasteiger partial charge in [-0.2, -0.15) is 5.26 Å². The Morgan fingerprint density at radius 3 is 2.90 bits per heavy atom. The van der Waals surface area contributed by atoms with Crippen molar-refractivity contribution in [2.75, 3.05) is 19.7 Å². The third kappa shape index (κ3) is 2.42. The normalized spacial score (nSPS) is 23.8. The summed E-state index contributed by atoms with van der Waals surface area (Å²) in [5.41, 5.74) is 0.835. The molecule has 2 aliphatic rings. The molecule has 0 spiro atoms. The number of rotatable bonds is 2. The second kappa shape index (κ2) is 5.65. The molecule has 6 heteroatoms. The molecule has 6 nitrogen and oxygen atoms in total. The Hall–Kier alpha value is -1.84. The van der Waals surface area contributed by atoms with E-state index < -0.39 is 0 Å². The molecule has 2 aliphatic heterocycles. The minimum Gasteiger partial charge on any atom is -0.453 e. The fourth-order valence-electron chi connectivity index (χ4n) is 2.82. The van der Waals surface area contributed by atoms with Crippen LogP contribution in [0.3, 0.4) is 0 Å². The van der Waals surface area contributed by atoms with E-state index in [1.165, 1.54) is 5.06 Å². The van der Waals surface area contributed by atoms with Crippen LogP contribution in [0.4, 0.5) is 0 Å². The van der Waals surface area contributed by atoms with Crippen molar-refractivity contribution in [2.24, 2.45) is 5.92 Å². The maximum Gasteiger partial charge on any atom is 0.249 e. The number of piperidine rings is 1. The largest absolute Gasteiger partial charge is 0.453 e. The number of nitriles is 1. The van der Waals surface area contributed by atoms with Crippen molar-refractivity contribution in [1.29, 1.82) is 5.26 Å². The van der Waals surface area contributed by atoms with E-state index in [0.717, 1.165) is 37.9 Å². The van der Waals surface area contributed by atoms with E-state index in [0.29, 0.717) is 6.61 Å². The van der Waals surface area contributed by atoms with Gasteiger partial charge in [0.1, 0.15) is 6.07 Å². The minimum absolute atomic E-state index is 0.0270. The molecule has 1 aromatic rings. The lowest BCUT2D eigenvalue weighted by Gasteiger charge is -2.28. The number of carbonyl (C=O) groups excluding carboxylic acids is 1. The average Bonchev–Trinajstić information content (AvgIpc) is 3.15. The number of nitrogens with one attached hydrogen (secondary N) is 1. The predicted octanol–water partition coefficient (Wildman–Crippen LogP) is 1.36. The second-order valence-electron chi connectivity index (χ2n) is 5.18. The van der Waals surface area contributed by atoms with Crippen molar-refractivity contribution in [1.82, 2.24) is 10.4 Å². The first-order valence-corrected chi connectivity index (χ1v) is 6.95. The van der Waals surface area contributed by atoms with Crippen LogP contribution < -0.4 is 5.32 Å². The van der Waals surface area contributed by atoms with E-state index in [9.17, 15) is 4.79 Å². The predicted molar refractivity (Wildman–Crippen MR) is 69.2 cm³/mol. The molecule has 0 aromatic carbocycles. The Morgan fingerprint density at radius 1 is 1.40 bits per heavy atom. The molecule has 1 aromatic heterocycles. The standard InChI is InChI=1S/C14H17N3O3/c15-8-12-7-11(9-19-12)13-3-6-20-17(13)14(18)10-1-4-16-5-2-10/h7,9-10,13,16H,1-6H2. The first-order chi connectivity index (χ1) is 9.79. The van der Waals surface area contributed by atoms with Gasteiger partial charge in [-0.1, -0.05) is 0 Å². The SMILES string of the molecule is N#Cc1cc(C2CCON2C(=O)C2CCNCC2)co1. The zero-order chi connectivity index (χ0) is 13.9. The molecule has 1 unspecified atom stereocenters. The van der Waals surface area contributed by atoms with Crippen molar-refractivity contribution >= 4 is 5.91 Å². The quantitative estimate of drug-likeness (QED) is 0.881. The summed E-state index contributed by atoms with van der Waals surface area (Å²) in [6.07, 6.45) is 3.97. The molecule has 1 atom stereocenters. The summed E-state index contributed by atoms with van der Waals surface area (Å²) in [7, 11) is 0. The van der Waals surface area contributed by atoms with Crippen LogP contribution >= 0.6 is 0 Å². The Labute approximate surface area is 117 Å². The van der Waals surface area contributed by atoms with Gasteiger partial charge in [0.25, 0.3) is 0 Å². The molecule has 3 rings (SSSR count). The lowest BCUT2D eigenvalue weighted by Crippen LogP contribution is -2.40. The Bertz CT molecular complexity index is 528. The van der Waals surface area contributed by atoms with Gasteiger partial charge in [0, 0.05) is 24.0 Å². The zero-order valence-corrected chi connectivity index (χ0v) is 11.2. The van der Waals surface area contributed by atoms with E-state index in [2.05, 4.69) is 5.32 Å². The summed E-state index contributed by atoms with van der Waals surface area (Å²) >= 11 is 0. The van der Waals surface area contributed by atoms with E-state index in [-0.39, 0.29) is 23.6 Å². The maximum absolute atomic E-state index is 12.5. The molecule has 0 bridgehead atoms. The molecule has 0 radical (unpaired) electrons. The summed E-state index contributed by atoms with van der Waals surface area (Å²) in [6, 6.07) is 3.51. The molecule has 1 N–H and O–H groups in total. The Morgan fingerprint density at radius 2 is 2.20 bits per heavy atom. The molecular formula is C14H17N3O3. The molecule has 106 valence electrons. The van der Waals surface area contributed by atoms with Crippen LogP contribution in [0, 0.1) is 17.2 Å². The highest BCUT2D eigenvalue weighted by Gasteiger charge is 2.36. The number of hydrogen-bond donors (Lipinski definition) is 1. The van der Waals surface area contributed by atoms with Gasteiger partial charge in [0.2, 0.25) is 11.7 Å². The number of hydroxylamine groups is 2. The highest BCUT2D eigenvalue weighted by atomic mass is 16.7. The highest BCUT2D eigenvalue weighted by Crippen LogP contribution is 2.33. The molecule has 2 saturated heterocycles. The van der Waals surface area contributed by atoms with Gasteiger partial charge in [-0.05, 0) is 25.9 Å². The van der Waals surface area contributed by atoms with Gasteiger partial charge in [-0.15, -0.1) is 0 Å². The van der Waals surface area contributed by atoms with Crippen LogP contribution in [0.2, 0.25) is 0 Å². The van der Waals surface area contributed by atoms with Gasteiger partial charge in [-0.25, -0.2) is 5.06 Å². The van der Waals surface area contributed by atoms with E-state index in [1.54, 1.807) is 12.3 Å². The van der Waals surface area contributed by atoms with E-state index >= 15 is 0 Å². The zero-order valence-electron chi connectivity index (χ0n) is 11.2. The van der Waals surface area contributed by atoms with E-state index in [4.69, 9.17) is 14.5 Å². The molecule has 20 heavy (non-hydrogen) atoms. The van der Waals surface area contributed by atoms with Crippen LogP contribution in [-0.2, 0) is 9.63 Å². The van der Waals surface area contributed by atoms with Crippen molar-refractivity contribution in [2.45, 2.75) is 25.3 Å². The number of hydrogen-bond acceptors (Lipinski definition) is 5. The third-order valence-corrected chi connectivity index (χ3v) is 3.93. The second-order valence-corrected chi connectivity index (χ2v) is 5.18. The van der Waals surface area contributed by atoms with Crippen LogP contribution in [0.15, 0.2) is 16.7 Å². The molecule has 3 heterocycles. The minimum atomic E-state index is -0.136. The van der Waals surface area contributed by atoms with Gasteiger partial charge < -0.3 is 9.73 Å². The van der Waals surface area contributed by atoms with Gasteiger partial charge in [-0.3, -0.25) is 9.63 Å². The Kier molecular flexibility index (Phi) is 3.72.